The number of hydrogen-bond acceptors (Lipinski definition) is 5. The maximum Gasteiger partial charge on any atom is 0.119 e. The molecule has 1 saturated heterocycles. The maximum atomic E-state index is 11.3. The van der Waals surface area contributed by atoms with E-state index >= 15 is 0 Å². The summed E-state index contributed by atoms with van der Waals surface area (Å²) in [6.07, 6.45) is 7.78. The van der Waals surface area contributed by atoms with E-state index in [2.05, 4.69) is 23.2 Å². The van der Waals surface area contributed by atoms with Crippen LogP contribution >= 0.6 is 0 Å². The zero-order valence-corrected chi connectivity index (χ0v) is 18.5. The molecule has 1 atom stereocenters. The van der Waals surface area contributed by atoms with E-state index < -0.39 is 11.8 Å². The molecule has 1 aliphatic heterocycles. The van der Waals surface area contributed by atoms with Gasteiger partial charge in [0.05, 0.1) is 17.7 Å². The number of ether oxygens (including phenoxy) is 1. The Morgan fingerprint density at radius 2 is 1.78 bits per heavy atom. The van der Waals surface area contributed by atoms with E-state index in [0.717, 1.165) is 28.6 Å². The number of fused-ring (bicyclic) bond motifs is 2. The first-order valence-electron chi connectivity index (χ1n) is 11.9. The summed E-state index contributed by atoms with van der Waals surface area (Å²) < 4.78 is 5.94. The fourth-order valence-corrected chi connectivity index (χ4v) is 5.07. The zero-order valence-electron chi connectivity index (χ0n) is 18.5. The molecule has 0 saturated carbocycles. The summed E-state index contributed by atoms with van der Waals surface area (Å²) >= 11 is 0. The van der Waals surface area contributed by atoms with Crippen molar-refractivity contribution in [1.82, 2.24) is 9.88 Å². The Labute approximate surface area is 189 Å². The lowest BCUT2D eigenvalue weighted by Crippen LogP contribution is -2.47. The average molecular weight is 433 g/mol. The lowest BCUT2D eigenvalue weighted by Gasteiger charge is -2.40. The molecule has 1 fully saturated rings. The van der Waals surface area contributed by atoms with Crippen molar-refractivity contribution in [3.8, 4) is 5.75 Å². The normalized spacial score (nSPS) is 19.4. The van der Waals surface area contributed by atoms with Gasteiger partial charge in [0.2, 0.25) is 0 Å². The number of rotatable bonds is 6. The monoisotopic (exact) mass is 432 g/mol. The number of aryl methyl sites for hydroxylation is 2. The number of para-hydroxylation sites is 1. The van der Waals surface area contributed by atoms with Gasteiger partial charge < -0.3 is 14.9 Å². The molecule has 1 aliphatic carbocycles. The van der Waals surface area contributed by atoms with Crippen molar-refractivity contribution in [1.29, 1.82) is 0 Å². The number of aliphatic hydroxyl groups excluding tert-OH is 1. The van der Waals surface area contributed by atoms with E-state index in [4.69, 9.17) is 4.74 Å². The molecule has 3 aromatic rings. The van der Waals surface area contributed by atoms with E-state index in [9.17, 15) is 10.2 Å². The average Bonchev–Trinajstić information content (AvgIpc) is 2.84. The number of benzene rings is 2. The molecule has 5 heteroatoms. The van der Waals surface area contributed by atoms with E-state index in [1.54, 1.807) is 6.20 Å². The van der Waals surface area contributed by atoms with Crippen LogP contribution in [0.15, 0.2) is 54.7 Å². The number of piperidine rings is 1. The molecule has 32 heavy (non-hydrogen) atoms. The van der Waals surface area contributed by atoms with Crippen LogP contribution in [0.3, 0.4) is 0 Å². The summed E-state index contributed by atoms with van der Waals surface area (Å²) in [5, 5.41) is 23.0. The number of aliphatic hydroxyl groups is 2. The minimum absolute atomic E-state index is 0.481. The molecule has 168 valence electrons. The number of aromatic nitrogens is 1. The summed E-state index contributed by atoms with van der Waals surface area (Å²) in [5.74, 6) is 0.898. The topological polar surface area (TPSA) is 65.8 Å². The van der Waals surface area contributed by atoms with Crippen LogP contribution in [0.1, 0.15) is 48.8 Å². The molecule has 0 radical (unpaired) electrons. The Balaban J connectivity index is 1.13. The van der Waals surface area contributed by atoms with Crippen molar-refractivity contribution in [2.24, 2.45) is 0 Å². The summed E-state index contributed by atoms with van der Waals surface area (Å²) in [6.45, 7) is 1.77. The molecule has 5 rings (SSSR count). The second-order valence-electron chi connectivity index (χ2n) is 9.24. The fourth-order valence-electron chi connectivity index (χ4n) is 5.07. The highest BCUT2D eigenvalue weighted by Crippen LogP contribution is 2.34. The molecule has 2 aliphatic rings. The third-order valence-corrected chi connectivity index (χ3v) is 7.14. The smallest absolute Gasteiger partial charge is 0.119 e. The molecule has 0 amide bonds. The van der Waals surface area contributed by atoms with Crippen molar-refractivity contribution in [2.75, 3.05) is 19.7 Å². The van der Waals surface area contributed by atoms with E-state index in [1.807, 2.05) is 35.2 Å². The first-order valence-corrected chi connectivity index (χ1v) is 11.9. The Morgan fingerprint density at radius 3 is 2.62 bits per heavy atom. The van der Waals surface area contributed by atoms with E-state index in [1.165, 1.54) is 30.4 Å². The fraction of sp³-hybridized carbons (Fsp3) is 0.444. The van der Waals surface area contributed by atoms with Crippen molar-refractivity contribution in [3.05, 3.63) is 71.4 Å². The first kappa shape index (κ1) is 21.4. The van der Waals surface area contributed by atoms with E-state index in [-0.39, 0.29) is 0 Å². The van der Waals surface area contributed by atoms with Crippen molar-refractivity contribution in [2.45, 2.75) is 56.8 Å². The van der Waals surface area contributed by atoms with Gasteiger partial charge in [-0.2, -0.15) is 0 Å². The summed E-state index contributed by atoms with van der Waals surface area (Å²) in [5.41, 5.74) is 3.76. The molecular formula is C27H32N2O3. The minimum Gasteiger partial charge on any atom is -0.493 e. The Bertz CT molecular complexity index is 1080. The molecule has 2 aromatic carbocycles. The van der Waals surface area contributed by atoms with Crippen LogP contribution in [0, 0.1) is 0 Å². The summed E-state index contributed by atoms with van der Waals surface area (Å²) in [4.78, 5) is 6.55. The van der Waals surface area contributed by atoms with Crippen LogP contribution in [0.5, 0.6) is 5.75 Å². The highest BCUT2D eigenvalue weighted by atomic mass is 16.5. The van der Waals surface area contributed by atoms with Gasteiger partial charge in [0.1, 0.15) is 12.0 Å². The number of hydrogen-bond donors (Lipinski definition) is 2. The van der Waals surface area contributed by atoms with Gasteiger partial charge in [-0.3, -0.25) is 9.88 Å². The highest BCUT2D eigenvalue weighted by molar-refractivity contribution is 5.78. The second kappa shape index (κ2) is 9.18. The highest BCUT2D eigenvalue weighted by Gasteiger charge is 2.36. The third-order valence-electron chi connectivity index (χ3n) is 7.14. The molecule has 5 nitrogen and oxygen atoms in total. The van der Waals surface area contributed by atoms with E-state index in [0.29, 0.717) is 39.0 Å². The Hall–Kier alpha value is -2.47. The standard InChI is InChI=1S/C27H32N2O3/c30-26(11-16-32-24-10-9-20-5-1-2-6-21(20)18-24)29-14-12-27(31,13-15-29)23-17-22-7-3-4-8-25(22)28-19-23/h3-4,7-10,17-19,26,30-31H,1-2,5-6,11-16H2. The van der Waals surface area contributed by atoms with Gasteiger partial charge in [0.25, 0.3) is 0 Å². The van der Waals surface area contributed by atoms with Crippen molar-refractivity contribution < 1.29 is 14.9 Å². The number of nitrogens with zero attached hydrogens (tertiary/aromatic N) is 2. The zero-order chi connectivity index (χ0) is 22.0. The molecule has 0 spiro atoms. The predicted molar refractivity (Wildman–Crippen MR) is 126 cm³/mol. The van der Waals surface area contributed by atoms with Gasteiger partial charge in [0, 0.05) is 36.7 Å². The second-order valence-corrected chi connectivity index (χ2v) is 9.24. The molecule has 1 aromatic heterocycles. The number of likely N-dealkylation sites (tertiary alicyclic amines) is 1. The van der Waals surface area contributed by atoms with Crippen LogP contribution in [-0.4, -0.2) is 46.0 Å². The van der Waals surface area contributed by atoms with Gasteiger partial charge in [-0.15, -0.1) is 0 Å². The van der Waals surface area contributed by atoms with Crippen molar-refractivity contribution >= 4 is 10.9 Å². The third kappa shape index (κ3) is 4.51. The maximum absolute atomic E-state index is 11.3. The van der Waals surface area contributed by atoms with Crippen LogP contribution in [0.2, 0.25) is 0 Å². The SMILES string of the molecule is OC(CCOc1ccc2c(c1)CCCC2)N1CCC(O)(c2cnc3ccccc3c2)CC1. The summed E-state index contributed by atoms with van der Waals surface area (Å²) in [7, 11) is 0. The molecule has 2 heterocycles. The Morgan fingerprint density at radius 1 is 1.00 bits per heavy atom. The van der Waals surface area contributed by atoms with Gasteiger partial charge >= 0.3 is 0 Å². The quantitative estimate of drug-likeness (QED) is 0.612. The molecular weight excluding hydrogens is 400 g/mol. The van der Waals surface area contributed by atoms with Crippen LogP contribution < -0.4 is 4.74 Å². The van der Waals surface area contributed by atoms with Gasteiger partial charge in [-0.05, 0) is 73.9 Å². The van der Waals surface area contributed by atoms with Crippen LogP contribution in [-0.2, 0) is 18.4 Å². The van der Waals surface area contributed by atoms with Crippen LogP contribution in [0.4, 0.5) is 0 Å². The van der Waals surface area contributed by atoms with Gasteiger partial charge in [0.15, 0.2) is 0 Å². The summed E-state index contributed by atoms with van der Waals surface area (Å²) in [6, 6.07) is 16.4. The minimum atomic E-state index is -0.896. The van der Waals surface area contributed by atoms with Crippen LogP contribution in [0.25, 0.3) is 10.9 Å². The van der Waals surface area contributed by atoms with Crippen molar-refractivity contribution in [3.63, 3.8) is 0 Å². The largest absolute Gasteiger partial charge is 0.493 e. The lowest BCUT2D eigenvalue weighted by atomic mass is 9.84. The Kier molecular flexibility index (Phi) is 6.13. The van der Waals surface area contributed by atoms with Gasteiger partial charge in [-0.1, -0.05) is 24.3 Å². The van der Waals surface area contributed by atoms with Gasteiger partial charge in [-0.25, -0.2) is 0 Å². The first-order chi connectivity index (χ1) is 15.6. The molecule has 1 unspecified atom stereocenters. The molecule has 2 N–H and O–H groups in total. The number of pyridine rings is 1. The predicted octanol–water partition coefficient (Wildman–Crippen LogP) is 4.18. The molecule has 0 bridgehead atoms. The lowest BCUT2D eigenvalue weighted by molar-refractivity contribution is -0.0819.